The summed E-state index contributed by atoms with van der Waals surface area (Å²) in [6, 6.07) is 12.9. The molecule has 1 N–H and O–H groups in total. The zero-order valence-corrected chi connectivity index (χ0v) is 10.9. The molecule has 1 aromatic carbocycles. The number of pyridine rings is 1. The molecule has 1 heterocycles. The van der Waals surface area contributed by atoms with Crippen LogP contribution in [0, 0.1) is 0 Å². The zero-order valence-electron chi connectivity index (χ0n) is 10.2. The number of anilines is 1. The first-order valence-corrected chi connectivity index (χ1v) is 6.15. The van der Waals surface area contributed by atoms with E-state index in [1.807, 2.05) is 30.3 Å². The molecule has 19 heavy (non-hydrogen) atoms. The molecule has 0 bridgehead atoms. The molecule has 2 aromatic rings. The van der Waals surface area contributed by atoms with Gasteiger partial charge in [0, 0.05) is 11.2 Å². The van der Waals surface area contributed by atoms with Crippen molar-refractivity contribution in [3.8, 4) is 0 Å². The Bertz CT molecular complexity index is 546. The number of aromatic nitrogens is 1. The Kier molecular flexibility index (Phi) is 4.89. The second-order valence-corrected chi connectivity index (χ2v) is 4.32. The number of amides is 1. The topological polar surface area (TPSA) is 51.2 Å². The van der Waals surface area contributed by atoms with E-state index < -0.39 is 0 Å². The van der Waals surface area contributed by atoms with Gasteiger partial charge in [0.1, 0.15) is 12.4 Å². The first-order valence-electron chi connectivity index (χ1n) is 5.77. The van der Waals surface area contributed by atoms with Gasteiger partial charge < -0.3 is 10.1 Å². The van der Waals surface area contributed by atoms with Crippen molar-refractivity contribution in [1.82, 2.24) is 4.98 Å². The Morgan fingerprint density at radius 3 is 2.79 bits per heavy atom. The lowest BCUT2D eigenvalue weighted by atomic mass is 10.2. The standard InChI is InChI=1S/C14H13ClN2O2/c15-12-6-7-16-13(8-12)17-14(18)10-19-9-11-4-2-1-3-5-11/h1-8H,9-10H2,(H,16,17,18). The van der Waals surface area contributed by atoms with Crippen LogP contribution in [-0.2, 0) is 16.1 Å². The minimum absolute atomic E-state index is 0.0247. The summed E-state index contributed by atoms with van der Waals surface area (Å²) in [6.45, 7) is 0.375. The third-order valence-corrected chi connectivity index (χ3v) is 2.57. The van der Waals surface area contributed by atoms with E-state index in [4.69, 9.17) is 16.3 Å². The number of carbonyl (C=O) groups excluding carboxylic acids is 1. The highest BCUT2D eigenvalue weighted by molar-refractivity contribution is 6.30. The molecule has 98 valence electrons. The van der Waals surface area contributed by atoms with Crippen LogP contribution in [0.3, 0.4) is 0 Å². The number of carbonyl (C=O) groups is 1. The van der Waals surface area contributed by atoms with E-state index in [0.717, 1.165) is 5.56 Å². The summed E-state index contributed by atoms with van der Waals surface area (Å²) in [7, 11) is 0. The first kappa shape index (κ1) is 13.5. The maximum absolute atomic E-state index is 11.6. The molecule has 0 spiro atoms. The fraction of sp³-hybridized carbons (Fsp3) is 0.143. The number of benzene rings is 1. The van der Waals surface area contributed by atoms with Gasteiger partial charge in [-0.2, -0.15) is 0 Å². The number of nitrogens with zero attached hydrogens (tertiary/aromatic N) is 1. The molecular weight excluding hydrogens is 264 g/mol. The highest BCUT2D eigenvalue weighted by atomic mass is 35.5. The minimum atomic E-state index is -0.259. The number of hydrogen-bond donors (Lipinski definition) is 1. The van der Waals surface area contributed by atoms with Crippen molar-refractivity contribution in [2.24, 2.45) is 0 Å². The Balaban J connectivity index is 1.76. The lowest BCUT2D eigenvalue weighted by Crippen LogP contribution is -2.18. The first-order chi connectivity index (χ1) is 9.24. The Labute approximate surface area is 116 Å². The molecule has 0 saturated heterocycles. The Morgan fingerprint density at radius 1 is 1.26 bits per heavy atom. The summed E-state index contributed by atoms with van der Waals surface area (Å²) in [5, 5.41) is 3.13. The van der Waals surface area contributed by atoms with Gasteiger partial charge in [-0.1, -0.05) is 41.9 Å². The average Bonchev–Trinajstić information content (AvgIpc) is 2.40. The summed E-state index contributed by atoms with van der Waals surface area (Å²) in [6.07, 6.45) is 1.53. The predicted molar refractivity (Wildman–Crippen MR) is 74.0 cm³/mol. The lowest BCUT2D eigenvalue weighted by molar-refractivity contribution is -0.121. The predicted octanol–water partition coefficient (Wildman–Crippen LogP) is 2.89. The van der Waals surface area contributed by atoms with Crippen molar-refractivity contribution in [1.29, 1.82) is 0 Å². The van der Waals surface area contributed by atoms with E-state index in [0.29, 0.717) is 17.4 Å². The van der Waals surface area contributed by atoms with E-state index in [1.165, 1.54) is 6.20 Å². The van der Waals surface area contributed by atoms with Gasteiger partial charge in [-0.05, 0) is 17.7 Å². The van der Waals surface area contributed by atoms with Crippen molar-refractivity contribution in [3.63, 3.8) is 0 Å². The summed E-state index contributed by atoms with van der Waals surface area (Å²) in [4.78, 5) is 15.6. The number of halogens is 1. The third kappa shape index (κ3) is 4.69. The van der Waals surface area contributed by atoms with Gasteiger partial charge in [0.05, 0.1) is 6.61 Å². The molecule has 1 amide bonds. The molecule has 0 aliphatic rings. The Hall–Kier alpha value is -1.91. The third-order valence-electron chi connectivity index (χ3n) is 2.33. The van der Waals surface area contributed by atoms with Gasteiger partial charge in [-0.25, -0.2) is 4.98 Å². The number of ether oxygens (including phenoxy) is 1. The molecule has 1 aromatic heterocycles. The van der Waals surface area contributed by atoms with Crippen LogP contribution in [0.5, 0.6) is 0 Å². The summed E-state index contributed by atoms with van der Waals surface area (Å²) in [5.74, 6) is 0.159. The second kappa shape index (κ2) is 6.87. The number of rotatable bonds is 5. The molecule has 0 saturated carbocycles. The van der Waals surface area contributed by atoms with Gasteiger partial charge in [-0.15, -0.1) is 0 Å². The molecule has 0 aliphatic carbocycles. The van der Waals surface area contributed by atoms with Gasteiger partial charge >= 0.3 is 0 Å². The van der Waals surface area contributed by atoms with Crippen molar-refractivity contribution >= 4 is 23.3 Å². The zero-order chi connectivity index (χ0) is 13.5. The van der Waals surface area contributed by atoms with Crippen molar-refractivity contribution in [3.05, 3.63) is 59.2 Å². The van der Waals surface area contributed by atoms with E-state index in [2.05, 4.69) is 10.3 Å². The minimum Gasteiger partial charge on any atom is -0.367 e. The Morgan fingerprint density at radius 2 is 2.05 bits per heavy atom. The maximum Gasteiger partial charge on any atom is 0.251 e. The van der Waals surface area contributed by atoms with Crippen LogP contribution >= 0.6 is 11.6 Å². The highest BCUT2D eigenvalue weighted by Gasteiger charge is 2.04. The van der Waals surface area contributed by atoms with E-state index in [9.17, 15) is 4.79 Å². The number of nitrogens with one attached hydrogen (secondary N) is 1. The van der Waals surface area contributed by atoms with Gasteiger partial charge in [0.15, 0.2) is 0 Å². The molecule has 4 nitrogen and oxygen atoms in total. The second-order valence-electron chi connectivity index (χ2n) is 3.89. The maximum atomic E-state index is 11.6. The molecule has 0 radical (unpaired) electrons. The van der Waals surface area contributed by atoms with Crippen LogP contribution in [0.15, 0.2) is 48.7 Å². The van der Waals surface area contributed by atoms with E-state index >= 15 is 0 Å². The fourth-order valence-corrected chi connectivity index (χ4v) is 1.65. The van der Waals surface area contributed by atoms with Crippen LogP contribution in [0.2, 0.25) is 5.02 Å². The molecule has 0 unspecified atom stereocenters. The van der Waals surface area contributed by atoms with E-state index in [-0.39, 0.29) is 12.5 Å². The summed E-state index contributed by atoms with van der Waals surface area (Å²) >= 11 is 5.79. The molecule has 0 atom stereocenters. The SMILES string of the molecule is O=C(COCc1ccccc1)Nc1cc(Cl)ccn1. The molecule has 0 aliphatic heterocycles. The van der Waals surface area contributed by atoms with Crippen LogP contribution in [0.1, 0.15) is 5.56 Å². The van der Waals surface area contributed by atoms with Crippen LogP contribution in [0.25, 0.3) is 0 Å². The average molecular weight is 277 g/mol. The molecular formula is C14H13ClN2O2. The van der Waals surface area contributed by atoms with Gasteiger partial charge in [-0.3, -0.25) is 4.79 Å². The van der Waals surface area contributed by atoms with Crippen molar-refractivity contribution < 1.29 is 9.53 Å². The molecule has 5 heteroatoms. The smallest absolute Gasteiger partial charge is 0.251 e. The molecule has 2 rings (SSSR count). The lowest BCUT2D eigenvalue weighted by Gasteiger charge is -2.06. The normalized spacial score (nSPS) is 10.2. The summed E-state index contributed by atoms with van der Waals surface area (Å²) in [5.41, 5.74) is 1.02. The quantitative estimate of drug-likeness (QED) is 0.913. The van der Waals surface area contributed by atoms with Crippen LogP contribution in [-0.4, -0.2) is 17.5 Å². The van der Waals surface area contributed by atoms with Gasteiger partial charge in [0.25, 0.3) is 5.91 Å². The summed E-state index contributed by atoms with van der Waals surface area (Å²) < 4.78 is 5.31. The van der Waals surface area contributed by atoms with Crippen molar-refractivity contribution in [2.45, 2.75) is 6.61 Å². The monoisotopic (exact) mass is 276 g/mol. The fourth-order valence-electron chi connectivity index (χ4n) is 1.49. The van der Waals surface area contributed by atoms with Crippen LogP contribution < -0.4 is 5.32 Å². The largest absolute Gasteiger partial charge is 0.367 e. The van der Waals surface area contributed by atoms with Crippen molar-refractivity contribution in [2.75, 3.05) is 11.9 Å². The van der Waals surface area contributed by atoms with Crippen LogP contribution in [0.4, 0.5) is 5.82 Å². The molecule has 0 fully saturated rings. The van der Waals surface area contributed by atoms with E-state index in [1.54, 1.807) is 12.1 Å². The number of hydrogen-bond acceptors (Lipinski definition) is 3. The van der Waals surface area contributed by atoms with Gasteiger partial charge in [0.2, 0.25) is 0 Å². The highest BCUT2D eigenvalue weighted by Crippen LogP contribution is 2.11.